The Hall–Kier alpha value is -2.94. The number of pyridine rings is 1. The fourth-order valence-electron chi connectivity index (χ4n) is 4.33. The van der Waals surface area contributed by atoms with Crippen LogP contribution in [0.1, 0.15) is 19.7 Å². The molecule has 0 bridgehead atoms. The van der Waals surface area contributed by atoms with Gasteiger partial charge in [0.1, 0.15) is 11.9 Å². The van der Waals surface area contributed by atoms with Crippen molar-refractivity contribution in [1.29, 1.82) is 0 Å². The molecule has 1 saturated heterocycles. The van der Waals surface area contributed by atoms with Crippen LogP contribution in [-0.2, 0) is 23.1 Å². The minimum absolute atomic E-state index is 0.143. The molecule has 1 aromatic carbocycles. The lowest BCUT2D eigenvalue weighted by atomic mass is 10.0. The van der Waals surface area contributed by atoms with Gasteiger partial charge < -0.3 is 19.6 Å². The molecule has 1 aliphatic heterocycles. The van der Waals surface area contributed by atoms with Crippen LogP contribution in [-0.4, -0.2) is 55.1 Å². The Morgan fingerprint density at radius 3 is 2.97 bits per heavy atom. The number of benzene rings is 1. The van der Waals surface area contributed by atoms with Crippen molar-refractivity contribution in [1.82, 2.24) is 24.4 Å². The average molecular weight is 453 g/mol. The van der Waals surface area contributed by atoms with E-state index in [-0.39, 0.29) is 11.5 Å². The lowest BCUT2D eigenvalue weighted by Gasteiger charge is -2.42. The van der Waals surface area contributed by atoms with Crippen LogP contribution < -0.4 is 5.32 Å². The van der Waals surface area contributed by atoms with E-state index >= 15 is 0 Å². The fraction of sp³-hybridized carbons (Fsp3) is 0.348. The summed E-state index contributed by atoms with van der Waals surface area (Å²) in [6.07, 6.45) is 7.18. The van der Waals surface area contributed by atoms with E-state index in [1.54, 1.807) is 24.7 Å². The van der Waals surface area contributed by atoms with Crippen LogP contribution in [0.3, 0.4) is 0 Å². The fourth-order valence-corrected chi connectivity index (χ4v) is 4.54. The van der Waals surface area contributed by atoms with Crippen LogP contribution in [0.25, 0.3) is 21.8 Å². The molecule has 4 heterocycles. The molecule has 1 atom stereocenters. The number of fused-ring (bicyclic) bond motifs is 3. The van der Waals surface area contributed by atoms with Crippen molar-refractivity contribution in [3.05, 3.63) is 53.8 Å². The van der Waals surface area contributed by atoms with Crippen LogP contribution in [0.2, 0.25) is 5.02 Å². The number of halogens is 1. The summed E-state index contributed by atoms with van der Waals surface area (Å²) < 4.78 is 7.97. The quantitative estimate of drug-likeness (QED) is 0.492. The molecule has 1 unspecified atom stereocenters. The molecule has 5 rings (SSSR count). The number of carbonyl (C=O) groups is 1. The Kier molecular flexibility index (Phi) is 5.16. The predicted octanol–water partition coefficient (Wildman–Crippen LogP) is 3.72. The van der Waals surface area contributed by atoms with Gasteiger partial charge in [0.2, 0.25) is 5.91 Å². The number of imidazole rings is 1. The van der Waals surface area contributed by atoms with Crippen LogP contribution in [0, 0.1) is 0 Å². The highest BCUT2D eigenvalue weighted by Crippen LogP contribution is 2.33. The topological polar surface area (TPSA) is 88.1 Å². The van der Waals surface area contributed by atoms with E-state index in [1.807, 2.05) is 43.8 Å². The van der Waals surface area contributed by atoms with Crippen molar-refractivity contribution in [2.75, 3.05) is 18.5 Å². The number of nitrogens with one attached hydrogen (secondary N) is 2. The van der Waals surface area contributed by atoms with Gasteiger partial charge >= 0.3 is 0 Å². The molecule has 32 heavy (non-hydrogen) atoms. The lowest BCUT2D eigenvalue weighted by molar-refractivity contribution is -0.144. The van der Waals surface area contributed by atoms with E-state index in [4.69, 9.17) is 16.3 Å². The summed E-state index contributed by atoms with van der Waals surface area (Å²) in [5.41, 5.74) is 1.99. The van der Waals surface area contributed by atoms with Crippen molar-refractivity contribution in [3.63, 3.8) is 0 Å². The Labute approximate surface area is 190 Å². The van der Waals surface area contributed by atoms with Gasteiger partial charge in [-0.3, -0.25) is 14.7 Å². The number of H-pyrrole nitrogens is 1. The van der Waals surface area contributed by atoms with Crippen LogP contribution in [0.5, 0.6) is 0 Å². The summed E-state index contributed by atoms with van der Waals surface area (Å²) in [4.78, 5) is 27.5. The van der Waals surface area contributed by atoms with Gasteiger partial charge in [-0.2, -0.15) is 0 Å². The number of nitrogens with zero attached hydrogens (tertiary/aromatic N) is 4. The van der Waals surface area contributed by atoms with Crippen molar-refractivity contribution in [3.8, 4) is 0 Å². The monoisotopic (exact) mass is 452 g/mol. The van der Waals surface area contributed by atoms with Crippen molar-refractivity contribution in [2.45, 2.75) is 32.0 Å². The molecule has 166 valence electrons. The number of aromatic nitrogens is 4. The van der Waals surface area contributed by atoms with E-state index in [1.165, 1.54) is 0 Å². The van der Waals surface area contributed by atoms with Crippen LogP contribution in [0.15, 0.2) is 43.0 Å². The molecule has 1 fully saturated rings. The standard InChI is InChI=1S/C23H25ClN6O2/c1-23(2)13-30(11-20-26-6-7-29(20)3)19(12-32-23)22(31)28-17-9-14(24)8-16-15-4-5-25-10-18(15)27-21(16)17/h4-10,19,27H,11-13H2,1-3H3,(H,28,31). The van der Waals surface area contributed by atoms with E-state index < -0.39 is 6.04 Å². The number of amides is 1. The molecule has 3 aromatic heterocycles. The molecule has 1 aliphatic rings. The number of ether oxygens (including phenoxy) is 1. The summed E-state index contributed by atoms with van der Waals surface area (Å²) in [6, 6.07) is 5.13. The highest BCUT2D eigenvalue weighted by molar-refractivity contribution is 6.33. The summed E-state index contributed by atoms with van der Waals surface area (Å²) >= 11 is 6.40. The number of hydrogen-bond donors (Lipinski definition) is 2. The van der Waals surface area contributed by atoms with E-state index in [0.717, 1.165) is 27.6 Å². The molecule has 8 nitrogen and oxygen atoms in total. The summed E-state index contributed by atoms with van der Waals surface area (Å²) in [6.45, 7) is 5.53. The first-order valence-electron chi connectivity index (χ1n) is 10.5. The van der Waals surface area contributed by atoms with Crippen molar-refractivity contribution in [2.24, 2.45) is 7.05 Å². The molecule has 4 aromatic rings. The number of rotatable bonds is 4. The third-order valence-electron chi connectivity index (χ3n) is 5.96. The largest absolute Gasteiger partial charge is 0.372 e. The van der Waals surface area contributed by atoms with Crippen molar-refractivity contribution < 1.29 is 9.53 Å². The van der Waals surface area contributed by atoms with E-state index in [0.29, 0.717) is 30.4 Å². The number of hydrogen-bond acceptors (Lipinski definition) is 5. The third kappa shape index (κ3) is 3.85. The van der Waals surface area contributed by atoms with Gasteiger partial charge in [-0.1, -0.05) is 11.6 Å². The minimum Gasteiger partial charge on any atom is -0.372 e. The Morgan fingerprint density at radius 2 is 2.19 bits per heavy atom. The zero-order valence-electron chi connectivity index (χ0n) is 18.2. The van der Waals surface area contributed by atoms with Gasteiger partial charge in [-0.05, 0) is 32.0 Å². The molecule has 0 radical (unpaired) electrons. The minimum atomic E-state index is -0.459. The molecular formula is C23H25ClN6O2. The van der Waals surface area contributed by atoms with E-state index in [2.05, 4.69) is 25.2 Å². The first-order valence-corrected chi connectivity index (χ1v) is 10.9. The second-order valence-corrected chi connectivity index (χ2v) is 9.29. The predicted molar refractivity (Wildman–Crippen MR) is 125 cm³/mol. The second kappa shape index (κ2) is 7.88. The maximum absolute atomic E-state index is 13.4. The smallest absolute Gasteiger partial charge is 0.244 e. The summed E-state index contributed by atoms with van der Waals surface area (Å²) in [5.74, 6) is 0.754. The number of morpholine rings is 1. The van der Waals surface area contributed by atoms with Crippen molar-refractivity contribution >= 4 is 45.0 Å². The number of carbonyl (C=O) groups excluding carboxylic acids is 1. The maximum Gasteiger partial charge on any atom is 0.244 e. The molecule has 0 saturated carbocycles. The third-order valence-corrected chi connectivity index (χ3v) is 6.17. The normalized spacial score (nSPS) is 18.9. The number of aryl methyl sites for hydroxylation is 1. The number of aromatic amines is 1. The molecule has 0 spiro atoms. The van der Waals surface area contributed by atoms with Crippen LogP contribution in [0.4, 0.5) is 5.69 Å². The van der Waals surface area contributed by atoms with Gasteiger partial charge in [0.25, 0.3) is 0 Å². The molecule has 2 N–H and O–H groups in total. The second-order valence-electron chi connectivity index (χ2n) is 8.86. The Morgan fingerprint density at radius 1 is 1.34 bits per heavy atom. The number of anilines is 1. The lowest BCUT2D eigenvalue weighted by Crippen LogP contribution is -2.57. The van der Waals surface area contributed by atoms with Crippen LogP contribution >= 0.6 is 11.6 Å². The zero-order chi connectivity index (χ0) is 22.5. The first-order chi connectivity index (χ1) is 15.3. The average Bonchev–Trinajstić information content (AvgIpc) is 3.31. The highest BCUT2D eigenvalue weighted by atomic mass is 35.5. The van der Waals surface area contributed by atoms with E-state index in [9.17, 15) is 4.79 Å². The highest BCUT2D eigenvalue weighted by Gasteiger charge is 2.38. The summed E-state index contributed by atoms with van der Waals surface area (Å²) in [7, 11) is 1.95. The first kappa shape index (κ1) is 20.9. The molecule has 9 heteroatoms. The molecular weight excluding hydrogens is 428 g/mol. The Bertz CT molecular complexity index is 1310. The summed E-state index contributed by atoms with van der Waals surface area (Å²) in [5, 5.41) is 5.58. The zero-order valence-corrected chi connectivity index (χ0v) is 19.0. The molecule has 0 aliphatic carbocycles. The molecule has 1 amide bonds. The van der Waals surface area contributed by atoms with Gasteiger partial charge in [0, 0.05) is 48.0 Å². The van der Waals surface area contributed by atoms with Gasteiger partial charge in [0.05, 0.1) is 41.7 Å². The van der Waals surface area contributed by atoms with Gasteiger partial charge in [0.15, 0.2) is 0 Å². The van der Waals surface area contributed by atoms with Gasteiger partial charge in [-0.15, -0.1) is 0 Å². The Balaban J connectivity index is 1.46. The SMILES string of the molecule is Cn1ccnc1CN1CC(C)(C)OCC1C(=O)Nc1cc(Cl)cc2c1[nH]c1cnccc12. The maximum atomic E-state index is 13.4. The van der Waals surface area contributed by atoms with Gasteiger partial charge in [-0.25, -0.2) is 4.98 Å².